The van der Waals surface area contributed by atoms with Crippen LogP contribution in [0.5, 0.6) is 0 Å². The molecule has 0 unspecified atom stereocenters. The van der Waals surface area contributed by atoms with Crippen molar-refractivity contribution in [2.45, 2.75) is 39.7 Å². The van der Waals surface area contributed by atoms with Crippen molar-refractivity contribution in [2.75, 3.05) is 26.8 Å². The number of nitrogens with zero attached hydrogens (tertiary/aromatic N) is 3. The van der Waals surface area contributed by atoms with E-state index < -0.39 is 17.5 Å². The van der Waals surface area contributed by atoms with Crippen LogP contribution in [0.1, 0.15) is 44.2 Å². The van der Waals surface area contributed by atoms with E-state index >= 15 is 4.39 Å². The molecule has 2 aromatic carbocycles. The third kappa shape index (κ3) is 5.81. The predicted octanol–water partition coefficient (Wildman–Crippen LogP) is 5.54. The van der Waals surface area contributed by atoms with E-state index in [1.54, 1.807) is 6.07 Å². The van der Waals surface area contributed by atoms with Crippen molar-refractivity contribution in [3.8, 4) is 17.2 Å². The number of hydrogen-bond acceptors (Lipinski definition) is 3. The van der Waals surface area contributed by atoms with Gasteiger partial charge in [0.2, 0.25) is 0 Å². The standard InChI is InChI=1S/C21H22F3N3.C2H6/c1-26-9-3-2-4-10-27(14-26)13-18-19(22)8-7-17(21(18)24)15-5-6-16(12-25)20(23)11-15;1-2/h5-8,11H,2-4,9-10,13-14H2,1H3;1-2H3. The van der Waals surface area contributed by atoms with Crippen LogP contribution in [0.15, 0.2) is 30.3 Å². The van der Waals surface area contributed by atoms with Gasteiger partial charge in [-0.25, -0.2) is 13.2 Å². The van der Waals surface area contributed by atoms with Gasteiger partial charge in [-0.15, -0.1) is 0 Å². The van der Waals surface area contributed by atoms with E-state index in [1.165, 1.54) is 24.3 Å². The van der Waals surface area contributed by atoms with Crippen LogP contribution in [-0.4, -0.2) is 36.6 Å². The molecule has 1 aliphatic heterocycles. The fourth-order valence-corrected chi connectivity index (χ4v) is 3.47. The number of hydrogen-bond donors (Lipinski definition) is 0. The Balaban J connectivity index is 0.00000145. The molecule has 1 heterocycles. The molecule has 1 aliphatic rings. The van der Waals surface area contributed by atoms with Crippen LogP contribution in [0.3, 0.4) is 0 Å². The molecule has 3 rings (SSSR count). The van der Waals surface area contributed by atoms with Crippen molar-refractivity contribution in [2.24, 2.45) is 0 Å². The highest BCUT2D eigenvalue weighted by atomic mass is 19.1. The maximum atomic E-state index is 15.1. The molecule has 0 aromatic heterocycles. The zero-order valence-electron chi connectivity index (χ0n) is 17.3. The number of nitriles is 1. The quantitative estimate of drug-likeness (QED) is 0.674. The molecule has 2 aromatic rings. The SMILES string of the molecule is CC.CN1CCCCCN(Cc2c(F)ccc(-c3ccc(C#N)c(F)c3)c2F)C1. The van der Waals surface area contributed by atoms with Crippen LogP contribution in [0, 0.1) is 28.8 Å². The summed E-state index contributed by atoms with van der Waals surface area (Å²) in [7, 11) is 2.00. The first-order valence-electron chi connectivity index (χ1n) is 10.1. The molecule has 0 bridgehead atoms. The highest BCUT2D eigenvalue weighted by Crippen LogP contribution is 2.29. The molecular weight excluding hydrogens is 375 g/mol. The Morgan fingerprint density at radius 2 is 1.69 bits per heavy atom. The largest absolute Gasteiger partial charge is 0.294 e. The van der Waals surface area contributed by atoms with Crippen molar-refractivity contribution in [3.63, 3.8) is 0 Å². The van der Waals surface area contributed by atoms with Gasteiger partial charge in [-0.3, -0.25) is 9.80 Å². The summed E-state index contributed by atoms with van der Waals surface area (Å²) in [5, 5.41) is 8.84. The Hall–Kier alpha value is -2.36. The Kier molecular flexibility index (Phi) is 8.69. The zero-order valence-corrected chi connectivity index (χ0v) is 17.3. The molecule has 0 radical (unpaired) electrons. The second kappa shape index (κ2) is 11.0. The fraction of sp³-hybridized carbons (Fsp3) is 0.435. The molecule has 1 saturated heterocycles. The van der Waals surface area contributed by atoms with Crippen molar-refractivity contribution < 1.29 is 13.2 Å². The second-order valence-corrected chi connectivity index (χ2v) is 7.03. The Morgan fingerprint density at radius 1 is 0.966 bits per heavy atom. The minimum Gasteiger partial charge on any atom is -0.294 e. The summed E-state index contributed by atoms with van der Waals surface area (Å²) in [5.74, 6) is -2.00. The van der Waals surface area contributed by atoms with Gasteiger partial charge >= 0.3 is 0 Å². The van der Waals surface area contributed by atoms with Crippen molar-refractivity contribution in [1.29, 1.82) is 5.26 Å². The average Bonchev–Trinajstić information content (AvgIpc) is 2.70. The second-order valence-electron chi connectivity index (χ2n) is 7.03. The van der Waals surface area contributed by atoms with Gasteiger partial charge in [0.1, 0.15) is 23.5 Å². The lowest BCUT2D eigenvalue weighted by Gasteiger charge is -2.30. The van der Waals surface area contributed by atoms with E-state index in [0.717, 1.165) is 38.4 Å². The molecular formula is C23H28F3N3. The molecule has 0 N–H and O–H groups in total. The van der Waals surface area contributed by atoms with Crippen LogP contribution >= 0.6 is 0 Å². The molecule has 156 valence electrons. The van der Waals surface area contributed by atoms with Gasteiger partial charge in [-0.05, 0) is 62.8 Å². The molecule has 29 heavy (non-hydrogen) atoms. The molecule has 1 fully saturated rings. The lowest BCUT2D eigenvalue weighted by Crippen LogP contribution is -2.38. The topological polar surface area (TPSA) is 30.3 Å². The van der Waals surface area contributed by atoms with E-state index in [2.05, 4.69) is 4.90 Å². The average molecular weight is 403 g/mol. The lowest BCUT2D eigenvalue weighted by atomic mass is 10.00. The third-order valence-corrected chi connectivity index (χ3v) is 4.92. The molecule has 0 amide bonds. The summed E-state index contributed by atoms with van der Waals surface area (Å²) in [5.41, 5.74) is 0.307. The van der Waals surface area contributed by atoms with Gasteiger partial charge in [-0.2, -0.15) is 5.26 Å². The first kappa shape index (κ1) is 22.9. The van der Waals surface area contributed by atoms with Crippen LogP contribution in [0.25, 0.3) is 11.1 Å². The molecule has 0 atom stereocenters. The van der Waals surface area contributed by atoms with E-state index in [9.17, 15) is 8.78 Å². The van der Waals surface area contributed by atoms with Gasteiger partial charge in [-0.1, -0.05) is 26.3 Å². The Bertz CT molecular complexity index is 861. The number of halogens is 3. The fourth-order valence-electron chi connectivity index (χ4n) is 3.47. The van der Waals surface area contributed by atoms with E-state index in [4.69, 9.17) is 5.26 Å². The van der Waals surface area contributed by atoms with Gasteiger partial charge < -0.3 is 0 Å². The summed E-state index contributed by atoms with van der Waals surface area (Å²) in [6.07, 6.45) is 3.22. The molecule has 0 saturated carbocycles. The third-order valence-electron chi connectivity index (χ3n) is 4.92. The summed E-state index contributed by atoms with van der Waals surface area (Å²) in [6.45, 7) is 6.55. The minimum absolute atomic E-state index is 0.00811. The number of rotatable bonds is 3. The lowest BCUT2D eigenvalue weighted by molar-refractivity contribution is 0.127. The van der Waals surface area contributed by atoms with E-state index in [0.29, 0.717) is 6.67 Å². The van der Waals surface area contributed by atoms with Gasteiger partial charge in [0.15, 0.2) is 0 Å². The van der Waals surface area contributed by atoms with Crippen LogP contribution in [-0.2, 0) is 6.54 Å². The molecule has 6 heteroatoms. The van der Waals surface area contributed by atoms with Crippen LogP contribution < -0.4 is 0 Å². The Morgan fingerprint density at radius 3 is 2.38 bits per heavy atom. The monoisotopic (exact) mass is 403 g/mol. The van der Waals surface area contributed by atoms with Crippen LogP contribution in [0.2, 0.25) is 0 Å². The van der Waals surface area contributed by atoms with Gasteiger partial charge in [0, 0.05) is 17.7 Å². The normalized spacial score (nSPS) is 15.6. The van der Waals surface area contributed by atoms with Crippen LogP contribution in [0.4, 0.5) is 13.2 Å². The summed E-state index contributed by atoms with van der Waals surface area (Å²) >= 11 is 0. The molecule has 0 spiro atoms. The first-order chi connectivity index (χ1) is 14.0. The van der Waals surface area contributed by atoms with Crippen molar-refractivity contribution >= 4 is 0 Å². The zero-order chi connectivity index (χ0) is 21.4. The van der Waals surface area contributed by atoms with Crippen molar-refractivity contribution in [3.05, 3.63) is 58.9 Å². The minimum atomic E-state index is -0.717. The summed E-state index contributed by atoms with van der Waals surface area (Å²) in [6, 6.07) is 8.17. The maximum Gasteiger partial charge on any atom is 0.141 e. The van der Waals surface area contributed by atoms with E-state index in [-0.39, 0.29) is 28.8 Å². The summed E-state index contributed by atoms with van der Waals surface area (Å²) < 4.78 is 43.4. The van der Waals surface area contributed by atoms with Crippen molar-refractivity contribution in [1.82, 2.24) is 9.80 Å². The highest BCUT2D eigenvalue weighted by Gasteiger charge is 2.20. The smallest absolute Gasteiger partial charge is 0.141 e. The molecule has 3 nitrogen and oxygen atoms in total. The molecule has 0 aliphatic carbocycles. The van der Waals surface area contributed by atoms with Gasteiger partial charge in [0.25, 0.3) is 0 Å². The Labute approximate surface area is 171 Å². The van der Waals surface area contributed by atoms with E-state index in [1.807, 2.05) is 25.8 Å². The number of benzene rings is 2. The first-order valence-corrected chi connectivity index (χ1v) is 10.1. The highest BCUT2D eigenvalue weighted by molar-refractivity contribution is 5.66. The summed E-state index contributed by atoms with van der Waals surface area (Å²) in [4.78, 5) is 4.18. The van der Waals surface area contributed by atoms with Gasteiger partial charge in [0.05, 0.1) is 12.2 Å². The maximum absolute atomic E-state index is 15.1. The predicted molar refractivity (Wildman–Crippen MR) is 110 cm³/mol.